The predicted octanol–water partition coefficient (Wildman–Crippen LogP) is 4.69. The number of hydrogen-bond donors (Lipinski definition) is 1. The van der Waals surface area contributed by atoms with Crippen LogP contribution in [-0.4, -0.2) is 39.6 Å². The Bertz CT molecular complexity index is 1270. The molecule has 8 nitrogen and oxygen atoms in total. The van der Waals surface area contributed by atoms with Crippen LogP contribution in [0.3, 0.4) is 0 Å². The van der Waals surface area contributed by atoms with Gasteiger partial charge in [0.2, 0.25) is 0 Å². The lowest BCUT2D eigenvalue weighted by Gasteiger charge is -2.10. The number of carbonyl (C=O) groups is 2. The Morgan fingerprint density at radius 1 is 1.00 bits per heavy atom. The maximum atomic E-state index is 12.5. The van der Waals surface area contributed by atoms with Crippen molar-refractivity contribution in [1.82, 2.24) is 14.8 Å². The zero-order valence-corrected chi connectivity index (χ0v) is 18.0. The van der Waals surface area contributed by atoms with Gasteiger partial charge in [-0.25, -0.2) is 9.48 Å². The molecule has 12 heteroatoms. The first kappa shape index (κ1) is 23.0. The van der Waals surface area contributed by atoms with Crippen LogP contribution in [0.25, 0.3) is 16.4 Å². The first-order valence-corrected chi connectivity index (χ1v) is 10.6. The predicted molar refractivity (Wildman–Crippen MR) is 117 cm³/mol. The second kappa shape index (κ2) is 9.75. The molecule has 2 aromatic carbocycles. The Morgan fingerprint density at radius 3 is 2.38 bits per heavy atom. The van der Waals surface area contributed by atoms with Gasteiger partial charge in [0.05, 0.1) is 10.6 Å². The topological polar surface area (TPSA) is 95.3 Å². The normalized spacial score (nSPS) is 11.1. The van der Waals surface area contributed by atoms with Crippen molar-refractivity contribution in [2.45, 2.75) is 6.36 Å². The first-order valence-electron chi connectivity index (χ1n) is 9.68. The average Bonchev–Trinajstić information content (AvgIpc) is 3.48. The Kier molecular flexibility index (Phi) is 6.59. The summed E-state index contributed by atoms with van der Waals surface area (Å²) in [5, 5.41) is 8.51. The number of thiophene rings is 1. The van der Waals surface area contributed by atoms with Crippen LogP contribution in [0.1, 0.15) is 10.6 Å². The summed E-state index contributed by atoms with van der Waals surface area (Å²) in [7, 11) is 0. The number of para-hydroxylation sites is 1. The van der Waals surface area contributed by atoms with Crippen LogP contribution in [0.15, 0.2) is 72.1 Å². The van der Waals surface area contributed by atoms with Gasteiger partial charge in [0.1, 0.15) is 5.75 Å². The van der Waals surface area contributed by atoms with Crippen molar-refractivity contribution in [1.29, 1.82) is 0 Å². The summed E-state index contributed by atoms with van der Waals surface area (Å²) in [6, 6.07) is 17.3. The molecule has 0 saturated carbocycles. The van der Waals surface area contributed by atoms with Crippen LogP contribution in [0.4, 0.5) is 18.9 Å². The van der Waals surface area contributed by atoms with E-state index in [0.29, 0.717) is 11.5 Å². The van der Waals surface area contributed by atoms with E-state index in [1.54, 1.807) is 12.1 Å². The molecule has 1 amide bonds. The summed E-state index contributed by atoms with van der Waals surface area (Å²) < 4.78 is 46.9. The van der Waals surface area contributed by atoms with Gasteiger partial charge < -0.3 is 14.8 Å². The van der Waals surface area contributed by atoms with Gasteiger partial charge in [0, 0.05) is 5.69 Å². The van der Waals surface area contributed by atoms with Gasteiger partial charge in [-0.2, -0.15) is 4.98 Å². The van der Waals surface area contributed by atoms with Crippen molar-refractivity contribution in [3.8, 4) is 22.1 Å². The summed E-state index contributed by atoms with van der Waals surface area (Å²) in [5.41, 5.74) is 0.884. The fourth-order valence-electron chi connectivity index (χ4n) is 2.85. The van der Waals surface area contributed by atoms with Crippen molar-refractivity contribution >= 4 is 28.9 Å². The summed E-state index contributed by atoms with van der Waals surface area (Å²) in [6.07, 6.45) is -4.82. The number of benzene rings is 2. The smallest absolute Gasteiger partial charge is 0.450 e. The van der Waals surface area contributed by atoms with Gasteiger partial charge in [-0.15, -0.1) is 29.6 Å². The SMILES string of the molecule is O=C(COC(=O)c1nc(-c2cccs2)n(-c2ccccc2)n1)Nc1ccc(OC(F)(F)F)cc1. The number of aromatic nitrogens is 3. The maximum Gasteiger partial charge on any atom is 0.573 e. The molecule has 0 bridgehead atoms. The fraction of sp³-hybridized carbons (Fsp3) is 0.0909. The van der Waals surface area contributed by atoms with E-state index < -0.39 is 30.6 Å². The summed E-state index contributed by atoms with van der Waals surface area (Å²) in [4.78, 5) is 29.6. The maximum absolute atomic E-state index is 12.5. The number of anilines is 1. The highest BCUT2D eigenvalue weighted by Gasteiger charge is 2.31. The molecule has 1 N–H and O–H groups in total. The third kappa shape index (κ3) is 5.78. The van der Waals surface area contributed by atoms with Crippen LogP contribution < -0.4 is 10.1 Å². The minimum absolute atomic E-state index is 0.196. The fourth-order valence-corrected chi connectivity index (χ4v) is 3.54. The molecule has 4 rings (SSSR count). The molecule has 0 radical (unpaired) electrons. The van der Waals surface area contributed by atoms with Crippen LogP contribution in [-0.2, 0) is 9.53 Å². The molecular formula is C22H15F3N4O4S. The standard InChI is InChI=1S/C22H15F3N4O4S/c23-22(24,25)33-16-10-8-14(9-11-16)26-18(30)13-32-21(31)19-27-20(17-7-4-12-34-17)29(28-19)15-5-2-1-3-6-15/h1-12H,13H2,(H,26,30). The van der Waals surface area contributed by atoms with Gasteiger partial charge in [0.15, 0.2) is 12.4 Å². The van der Waals surface area contributed by atoms with Crippen molar-refractivity contribution < 1.29 is 32.2 Å². The van der Waals surface area contributed by atoms with E-state index in [1.807, 2.05) is 35.7 Å². The van der Waals surface area contributed by atoms with E-state index in [1.165, 1.54) is 28.2 Å². The highest BCUT2D eigenvalue weighted by Crippen LogP contribution is 2.26. The number of esters is 1. The van der Waals surface area contributed by atoms with Crippen molar-refractivity contribution in [2.24, 2.45) is 0 Å². The van der Waals surface area contributed by atoms with E-state index in [-0.39, 0.29) is 11.5 Å². The van der Waals surface area contributed by atoms with Gasteiger partial charge in [-0.3, -0.25) is 4.79 Å². The molecule has 0 aliphatic heterocycles. The quantitative estimate of drug-likeness (QED) is 0.379. The Morgan fingerprint density at radius 2 is 1.74 bits per heavy atom. The number of nitrogens with zero attached hydrogens (tertiary/aromatic N) is 3. The average molecular weight is 488 g/mol. The van der Waals surface area contributed by atoms with E-state index >= 15 is 0 Å². The van der Waals surface area contributed by atoms with Crippen LogP contribution in [0.5, 0.6) is 5.75 Å². The Balaban J connectivity index is 1.41. The molecular weight excluding hydrogens is 473 g/mol. The van der Waals surface area contributed by atoms with Crippen LogP contribution in [0.2, 0.25) is 0 Å². The number of amides is 1. The minimum atomic E-state index is -4.82. The lowest BCUT2D eigenvalue weighted by atomic mass is 10.3. The van der Waals surface area contributed by atoms with Crippen molar-refractivity contribution in [2.75, 3.05) is 11.9 Å². The lowest BCUT2D eigenvalue weighted by molar-refractivity contribution is -0.274. The van der Waals surface area contributed by atoms with Gasteiger partial charge in [0.25, 0.3) is 11.7 Å². The van der Waals surface area contributed by atoms with E-state index in [9.17, 15) is 22.8 Å². The number of rotatable bonds is 7. The number of carbonyl (C=O) groups excluding carboxylic acids is 2. The van der Waals surface area contributed by atoms with Crippen LogP contribution in [0, 0.1) is 0 Å². The second-order valence-corrected chi connectivity index (χ2v) is 7.63. The molecule has 0 aliphatic carbocycles. The summed E-state index contributed by atoms with van der Waals surface area (Å²) in [5.74, 6) is -1.82. The van der Waals surface area contributed by atoms with Gasteiger partial charge >= 0.3 is 12.3 Å². The molecule has 2 heterocycles. The number of hydrogen-bond acceptors (Lipinski definition) is 7. The molecule has 0 saturated heterocycles. The van der Waals surface area contributed by atoms with Crippen molar-refractivity contribution in [3.05, 3.63) is 77.9 Å². The van der Waals surface area contributed by atoms with E-state index in [0.717, 1.165) is 17.0 Å². The van der Waals surface area contributed by atoms with Gasteiger partial charge in [-0.1, -0.05) is 24.3 Å². The lowest BCUT2D eigenvalue weighted by Crippen LogP contribution is -2.21. The Labute approximate surface area is 194 Å². The number of halogens is 3. The number of ether oxygens (including phenoxy) is 2. The third-order valence-corrected chi connectivity index (χ3v) is 5.10. The highest BCUT2D eigenvalue weighted by molar-refractivity contribution is 7.13. The molecule has 2 aromatic heterocycles. The molecule has 0 unspecified atom stereocenters. The minimum Gasteiger partial charge on any atom is -0.450 e. The molecule has 0 atom stereocenters. The molecule has 174 valence electrons. The first-order chi connectivity index (χ1) is 16.3. The molecule has 0 fully saturated rings. The highest BCUT2D eigenvalue weighted by atomic mass is 32.1. The zero-order chi connectivity index (χ0) is 24.1. The van der Waals surface area contributed by atoms with Crippen molar-refractivity contribution in [3.63, 3.8) is 0 Å². The summed E-state index contributed by atoms with van der Waals surface area (Å²) in [6.45, 7) is -0.645. The van der Waals surface area contributed by atoms with E-state index in [4.69, 9.17) is 4.74 Å². The summed E-state index contributed by atoms with van der Waals surface area (Å²) >= 11 is 1.42. The van der Waals surface area contributed by atoms with Gasteiger partial charge in [-0.05, 0) is 47.8 Å². The molecule has 0 spiro atoms. The zero-order valence-electron chi connectivity index (χ0n) is 17.2. The molecule has 34 heavy (non-hydrogen) atoms. The monoisotopic (exact) mass is 488 g/mol. The number of alkyl halides is 3. The molecule has 4 aromatic rings. The van der Waals surface area contributed by atoms with Crippen LogP contribution >= 0.6 is 11.3 Å². The third-order valence-electron chi connectivity index (χ3n) is 4.24. The largest absolute Gasteiger partial charge is 0.573 e. The molecule has 0 aliphatic rings. The number of nitrogens with one attached hydrogen (secondary N) is 1. The van der Waals surface area contributed by atoms with E-state index in [2.05, 4.69) is 20.1 Å². The Hall–Kier alpha value is -4.19. The second-order valence-electron chi connectivity index (χ2n) is 6.68.